The molecule has 6 nitrogen and oxygen atoms in total. The summed E-state index contributed by atoms with van der Waals surface area (Å²) in [6.07, 6.45) is 0. The molecule has 29 heavy (non-hydrogen) atoms. The van der Waals surface area contributed by atoms with E-state index in [1.54, 1.807) is 25.1 Å². The van der Waals surface area contributed by atoms with Crippen molar-refractivity contribution in [2.75, 3.05) is 9.44 Å². The molecule has 0 saturated carbocycles. The van der Waals surface area contributed by atoms with Gasteiger partial charge in [0.1, 0.15) is 10.7 Å². The van der Waals surface area contributed by atoms with E-state index in [4.69, 9.17) is 0 Å². The SMILES string of the molecule is Cc1cccc(NS(=O)(=O)c2cc(NS(=O)(=O)c3ccccc3F)ccc2C)c1. The molecule has 0 aromatic heterocycles. The maximum atomic E-state index is 13.9. The van der Waals surface area contributed by atoms with Gasteiger partial charge in [0, 0.05) is 5.69 Å². The molecule has 0 amide bonds. The third-order valence-electron chi connectivity index (χ3n) is 4.13. The molecular formula is C20H19FN2O4S2. The van der Waals surface area contributed by atoms with Gasteiger partial charge < -0.3 is 0 Å². The Morgan fingerprint density at radius 1 is 0.690 bits per heavy atom. The fourth-order valence-electron chi connectivity index (χ4n) is 2.74. The first kappa shape index (κ1) is 20.8. The summed E-state index contributed by atoms with van der Waals surface area (Å²) >= 11 is 0. The van der Waals surface area contributed by atoms with Gasteiger partial charge in [-0.2, -0.15) is 0 Å². The molecule has 0 unspecified atom stereocenters. The van der Waals surface area contributed by atoms with Crippen molar-refractivity contribution in [3.63, 3.8) is 0 Å². The Morgan fingerprint density at radius 3 is 1.97 bits per heavy atom. The topological polar surface area (TPSA) is 92.3 Å². The highest BCUT2D eigenvalue weighted by atomic mass is 32.2. The lowest BCUT2D eigenvalue weighted by atomic mass is 10.2. The summed E-state index contributed by atoms with van der Waals surface area (Å²) in [5, 5.41) is 0. The van der Waals surface area contributed by atoms with Gasteiger partial charge in [0.05, 0.1) is 10.6 Å². The number of halogens is 1. The highest BCUT2D eigenvalue weighted by Crippen LogP contribution is 2.25. The van der Waals surface area contributed by atoms with E-state index in [1.165, 1.54) is 30.3 Å². The summed E-state index contributed by atoms with van der Waals surface area (Å²) in [6.45, 7) is 3.43. The lowest BCUT2D eigenvalue weighted by Gasteiger charge is -2.14. The first-order valence-electron chi connectivity index (χ1n) is 8.56. The van der Waals surface area contributed by atoms with E-state index in [9.17, 15) is 21.2 Å². The van der Waals surface area contributed by atoms with Crippen molar-refractivity contribution in [3.8, 4) is 0 Å². The molecule has 0 radical (unpaired) electrons. The van der Waals surface area contributed by atoms with Gasteiger partial charge in [0.15, 0.2) is 0 Å². The minimum atomic E-state index is -4.22. The first-order valence-corrected chi connectivity index (χ1v) is 11.5. The molecule has 0 bridgehead atoms. The van der Waals surface area contributed by atoms with Crippen LogP contribution in [-0.2, 0) is 20.0 Å². The smallest absolute Gasteiger partial charge is 0.264 e. The number of aryl methyl sites for hydroxylation is 2. The molecule has 0 saturated heterocycles. The van der Waals surface area contributed by atoms with Crippen LogP contribution in [0, 0.1) is 19.7 Å². The van der Waals surface area contributed by atoms with Crippen molar-refractivity contribution in [2.45, 2.75) is 23.6 Å². The van der Waals surface area contributed by atoms with Gasteiger partial charge in [0.25, 0.3) is 20.0 Å². The van der Waals surface area contributed by atoms with Crippen LogP contribution in [0.2, 0.25) is 0 Å². The molecular weight excluding hydrogens is 415 g/mol. The van der Waals surface area contributed by atoms with Crippen LogP contribution in [0.25, 0.3) is 0 Å². The Morgan fingerprint density at radius 2 is 1.31 bits per heavy atom. The van der Waals surface area contributed by atoms with E-state index in [2.05, 4.69) is 9.44 Å². The molecule has 3 aromatic carbocycles. The number of hydrogen-bond donors (Lipinski definition) is 2. The third kappa shape index (κ3) is 4.75. The number of rotatable bonds is 6. The predicted octanol–water partition coefficient (Wildman–Crippen LogP) is 4.04. The molecule has 2 N–H and O–H groups in total. The Bertz CT molecular complexity index is 1270. The van der Waals surface area contributed by atoms with E-state index in [1.807, 2.05) is 13.0 Å². The van der Waals surface area contributed by atoms with Crippen LogP contribution < -0.4 is 9.44 Å². The fraction of sp³-hybridized carbons (Fsp3) is 0.100. The molecule has 0 spiro atoms. The summed E-state index contributed by atoms with van der Waals surface area (Å²) in [5.41, 5.74) is 1.71. The van der Waals surface area contributed by atoms with E-state index in [0.29, 0.717) is 11.3 Å². The van der Waals surface area contributed by atoms with Gasteiger partial charge in [0.2, 0.25) is 0 Å². The second kappa shape index (κ2) is 7.84. The molecule has 3 rings (SSSR count). The number of anilines is 2. The molecule has 9 heteroatoms. The van der Waals surface area contributed by atoms with Crippen molar-refractivity contribution in [1.29, 1.82) is 0 Å². The summed E-state index contributed by atoms with van der Waals surface area (Å²) in [4.78, 5) is -0.615. The normalized spacial score (nSPS) is 11.8. The van der Waals surface area contributed by atoms with Crippen LogP contribution in [0.15, 0.2) is 76.5 Å². The van der Waals surface area contributed by atoms with Crippen LogP contribution in [0.4, 0.5) is 15.8 Å². The highest BCUT2D eigenvalue weighted by Gasteiger charge is 2.22. The van der Waals surface area contributed by atoms with Crippen LogP contribution in [0.1, 0.15) is 11.1 Å². The third-order valence-corrected chi connectivity index (χ3v) is 7.06. The molecule has 0 atom stereocenters. The molecule has 3 aromatic rings. The lowest BCUT2D eigenvalue weighted by Crippen LogP contribution is -2.17. The van der Waals surface area contributed by atoms with E-state index in [0.717, 1.165) is 17.7 Å². The molecule has 0 aliphatic rings. The van der Waals surface area contributed by atoms with Gasteiger partial charge >= 0.3 is 0 Å². The average molecular weight is 435 g/mol. The Kier molecular flexibility index (Phi) is 5.63. The zero-order valence-electron chi connectivity index (χ0n) is 15.7. The maximum absolute atomic E-state index is 13.9. The highest BCUT2D eigenvalue weighted by molar-refractivity contribution is 7.93. The standard InChI is InChI=1S/C20H19FN2O4S2/c1-14-6-5-7-16(12-14)22-29(26,27)20-13-17(11-10-15(20)2)23-28(24,25)19-9-4-3-8-18(19)21/h3-13,22-23H,1-2H3. The Balaban J connectivity index is 1.95. The van der Waals surface area contributed by atoms with Crippen LogP contribution in [-0.4, -0.2) is 16.8 Å². The molecule has 0 heterocycles. The molecule has 0 aliphatic heterocycles. The van der Waals surface area contributed by atoms with Gasteiger partial charge in [-0.25, -0.2) is 21.2 Å². The van der Waals surface area contributed by atoms with Crippen molar-refractivity contribution in [2.24, 2.45) is 0 Å². The zero-order valence-corrected chi connectivity index (χ0v) is 17.3. The molecule has 0 aliphatic carbocycles. The number of hydrogen-bond acceptors (Lipinski definition) is 4. The van der Waals surface area contributed by atoms with Crippen LogP contribution in [0.5, 0.6) is 0 Å². The second-order valence-electron chi connectivity index (χ2n) is 6.49. The van der Waals surface area contributed by atoms with Gasteiger partial charge in [-0.05, 0) is 61.4 Å². The molecule has 152 valence electrons. The second-order valence-corrected chi connectivity index (χ2v) is 9.79. The quantitative estimate of drug-likeness (QED) is 0.612. The summed E-state index contributed by atoms with van der Waals surface area (Å²) < 4.78 is 69.2. The van der Waals surface area contributed by atoms with Crippen molar-refractivity contribution in [1.82, 2.24) is 0 Å². The maximum Gasteiger partial charge on any atom is 0.264 e. The average Bonchev–Trinajstić information content (AvgIpc) is 2.63. The Labute approximate surface area is 169 Å². The first-order chi connectivity index (χ1) is 13.6. The number of nitrogens with one attached hydrogen (secondary N) is 2. The van der Waals surface area contributed by atoms with E-state index < -0.39 is 30.8 Å². The van der Waals surface area contributed by atoms with Gasteiger partial charge in [-0.1, -0.05) is 30.3 Å². The lowest BCUT2D eigenvalue weighted by molar-refractivity contribution is 0.570. The van der Waals surface area contributed by atoms with Gasteiger partial charge in [-0.3, -0.25) is 9.44 Å². The molecule has 0 fully saturated rings. The largest absolute Gasteiger partial charge is 0.280 e. The number of benzene rings is 3. The zero-order chi connectivity index (χ0) is 21.2. The van der Waals surface area contributed by atoms with E-state index >= 15 is 0 Å². The van der Waals surface area contributed by atoms with Gasteiger partial charge in [-0.15, -0.1) is 0 Å². The van der Waals surface area contributed by atoms with Crippen LogP contribution >= 0.6 is 0 Å². The monoisotopic (exact) mass is 434 g/mol. The summed E-state index contributed by atoms with van der Waals surface area (Å²) in [5.74, 6) is -0.902. The minimum absolute atomic E-state index is 0.00321. The number of sulfonamides is 2. The fourth-order valence-corrected chi connectivity index (χ4v) is 5.20. The van der Waals surface area contributed by atoms with Crippen LogP contribution in [0.3, 0.4) is 0 Å². The van der Waals surface area contributed by atoms with Crippen molar-refractivity contribution in [3.05, 3.63) is 83.7 Å². The van der Waals surface area contributed by atoms with Crippen molar-refractivity contribution >= 4 is 31.4 Å². The summed E-state index contributed by atoms with van der Waals surface area (Å²) in [7, 11) is -8.19. The summed E-state index contributed by atoms with van der Waals surface area (Å²) in [6, 6.07) is 15.9. The van der Waals surface area contributed by atoms with Crippen molar-refractivity contribution < 1.29 is 21.2 Å². The van der Waals surface area contributed by atoms with E-state index in [-0.39, 0.29) is 10.6 Å². The predicted molar refractivity (Wildman–Crippen MR) is 110 cm³/mol. The minimum Gasteiger partial charge on any atom is -0.280 e. The Hall–Kier alpha value is -2.91.